The second-order valence-electron chi connectivity index (χ2n) is 4.19. The predicted octanol–water partition coefficient (Wildman–Crippen LogP) is 1.08. The van der Waals surface area contributed by atoms with Gasteiger partial charge >= 0.3 is 6.03 Å². The molecule has 17 heavy (non-hydrogen) atoms. The van der Waals surface area contributed by atoms with Gasteiger partial charge in [-0.25, -0.2) is 4.79 Å². The predicted molar refractivity (Wildman–Crippen MR) is 65.0 cm³/mol. The molecule has 1 aliphatic rings. The van der Waals surface area contributed by atoms with Gasteiger partial charge in [-0.3, -0.25) is 5.32 Å². The number of aromatic nitrogens is 2. The molecule has 7 heteroatoms. The molecular weight excluding hydrogens is 240 g/mol. The normalized spacial score (nSPS) is 20.4. The number of hydrogen-bond donors (Lipinski definition) is 2. The Morgan fingerprint density at radius 1 is 1.65 bits per heavy atom. The third kappa shape index (κ3) is 3.13. The van der Waals surface area contributed by atoms with Crippen molar-refractivity contribution in [2.45, 2.75) is 19.8 Å². The Balaban J connectivity index is 1.91. The number of urea groups is 1. The smallest absolute Gasteiger partial charge is 0.323 e. The van der Waals surface area contributed by atoms with Gasteiger partial charge in [0, 0.05) is 19.7 Å². The van der Waals surface area contributed by atoms with E-state index in [1.165, 1.54) is 11.3 Å². The minimum absolute atomic E-state index is 0.141. The van der Waals surface area contributed by atoms with Crippen LogP contribution in [0.1, 0.15) is 17.8 Å². The first-order valence-corrected chi connectivity index (χ1v) is 6.47. The molecule has 0 radical (unpaired) electrons. The third-order valence-corrected chi connectivity index (χ3v) is 3.56. The highest BCUT2D eigenvalue weighted by Gasteiger charge is 2.23. The lowest BCUT2D eigenvalue weighted by molar-refractivity contribution is 0.136. The standard InChI is InChI=1S/C10H16N4O2S/c1-7-12-13-9(17-7)11-10(16)14-4-2-3-8(5-14)6-15/h8,15H,2-6H2,1H3,(H,11,13,16)/t8-/m0/s1. The molecule has 1 atom stereocenters. The highest BCUT2D eigenvalue weighted by atomic mass is 32.1. The highest BCUT2D eigenvalue weighted by Crippen LogP contribution is 2.18. The lowest BCUT2D eigenvalue weighted by atomic mass is 9.99. The Bertz CT molecular complexity index is 395. The molecule has 94 valence electrons. The van der Waals surface area contributed by atoms with Crippen molar-refractivity contribution in [2.24, 2.45) is 5.92 Å². The quantitative estimate of drug-likeness (QED) is 0.830. The number of carbonyl (C=O) groups excluding carboxylic acids is 1. The number of nitrogens with one attached hydrogen (secondary N) is 1. The van der Waals surface area contributed by atoms with Gasteiger partial charge in [0.05, 0.1) is 0 Å². The van der Waals surface area contributed by atoms with Gasteiger partial charge in [-0.05, 0) is 25.7 Å². The Labute approximate surface area is 104 Å². The summed E-state index contributed by atoms with van der Waals surface area (Å²) in [5.41, 5.74) is 0. The average Bonchev–Trinajstić information content (AvgIpc) is 2.75. The number of hydrogen-bond acceptors (Lipinski definition) is 5. The number of aliphatic hydroxyl groups is 1. The summed E-state index contributed by atoms with van der Waals surface area (Å²) in [6.07, 6.45) is 1.92. The minimum atomic E-state index is -0.153. The zero-order chi connectivity index (χ0) is 12.3. The average molecular weight is 256 g/mol. The highest BCUT2D eigenvalue weighted by molar-refractivity contribution is 7.15. The number of rotatable bonds is 2. The largest absolute Gasteiger partial charge is 0.396 e. The number of piperidine rings is 1. The van der Waals surface area contributed by atoms with Crippen LogP contribution < -0.4 is 5.32 Å². The van der Waals surface area contributed by atoms with E-state index in [1.54, 1.807) is 4.90 Å². The van der Waals surface area contributed by atoms with Crippen molar-refractivity contribution in [3.8, 4) is 0 Å². The molecule has 0 aliphatic carbocycles. The van der Waals surface area contributed by atoms with Gasteiger partial charge in [0.2, 0.25) is 5.13 Å². The molecule has 1 fully saturated rings. The fourth-order valence-electron chi connectivity index (χ4n) is 1.92. The summed E-state index contributed by atoms with van der Waals surface area (Å²) in [6, 6.07) is -0.153. The lowest BCUT2D eigenvalue weighted by Gasteiger charge is -2.31. The first-order chi connectivity index (χ1) is 8.19. The molecule has 0 bridgehead atoms. The molecule has 0 unspecified atom stereocenters. The van der Waals surface area contributed by atoms with E-state index in [1.807, 2.05) is 6.92 Å². The van der Waals surface area contributed by atoms with Crippen LogP contribution in [0, 0.1) is 12.8 Å². The monoisotopic (exact) mass is 256 g/mol. The summed E-state index contributed by atoms with van der Waals surface area (Å²) in [5.74, 6) is 0.200. The number of aliphatic hydroxyl groups excluding tert-OH is 1. The van der Waals surface area contributed by atoms with E-state index >= 15 is 0 Å². The fourth-order valence-corrected chi connectivity index (χ4v) is 2.50. The number of nitrogens with zero attached hydrogens (tertiary/aromatic N) is 3. The number of aryl methyl sites for hydroxylation is 1. The second kappa shape index (κ2) is 5.42. The summed E-state index contributed by atoms with van der Waals surface area (Å²) in [7, 11) is 0. The van der Waals surface area contributed by atoms with Gasteiger partial charge in [-0.1, -0.05) is 11.3 Å². The Morgan fingerprint density at radius 3 is 3.12 bits per heavy atom. The molecule has 2 N–H and O–H groups in total. The van der Waals surface area contributed by atoms with Crippen molar-refractivity contribution in [1.82, 2.24) is 15.1 Å². The number of likely N-dealkylation sites (tertiary alicyclic amines) is 1. The van der Waals surface area contributed by atoms with Gasteiger partial charge in [-0.15, -0.1) is 10.2 Å². The van der Waals surface area contributed by atoms with Gasteiger partial charge in [0.25, 0.3) is 0 Å². The van der Waals surface area contributed by atoms with Crippen LogP contribution in [0.5, 0.6) is 0 Å². The van der Waals surface area contributed by atoms with Gasteiger partial charge < -0.3 is 10.0 Å². The molecule has 0 spiro atoms. The molecule has 2 heterocycles. The SMILES string of the molecule is Cc1nnc(NC(=O)N2CCC[C@H](CO)C2)s1. The number of amides is 2. The van der Waals surface area contributed by atoms with Crippen molar-refractivity contribution in [1.29, 1.82) is 0 Å². The van der Waals surface area contributed by atoms with Crippen LogP contribution in [0.3, 0.4) is 0 Å². The van der Waals surface area contributed by atoms with Crippen LogP contribution >= 0.6 is 11.3 Å². The van der Waals surface area contributed by atoms with Crippen molar-refractivity contribution in [2.75, 3.05) is 25.0 Å². The molecule has 1 aliphatic heterocycles. The summed E-state index contributed by atoms with van der Waals surface area (Å²) in [5, 5.41) is 20.9. The minimum Gasteiger partial charge on any atom is -0.396 e. The van der Waals surface area contributed by atoms with Gasteiger partial charge in [-0.2, -0.15) is 0 Å². The molecule has 6 nitrogen and oxygen atoms in total. The Hall–Kier alpha value is -1.21. The van der Waals surface area contributed by atoms with Crippen molar-refractivity contribution < 1.29 is 9.90 Å². The zero-order valence-electron chi connectivity index (χ0n) is 9.72. The Morgan fingerprint density at radius 2 is 2.47 bits per heavy atom. The summed E-state index contributed by atoms with van der Waals surface area (Å²) in [4.78, 5) is 13.6. The van der Waals surface area contributed by atoms with E-state index in [-0.39, 0.29) is 18.6 Å². The maximum atomic E-state index is 11.9. The summed E-state index contributed by atoms with van der Waals surface area (Å²) in [6.45, 7) is 3.33. The Kier molecular flexibility index (Phi) is 3.90. The summed E-state index contributed by atoms with van der Waals surface area (Å²) >= 11 is 1.36. The second-order valence-corrected chi connectivity index (χ2v) is 5.37. The topological polar surface area (TPSA) is 78.4 Å². The lowest BCUT2D eigenvalue weighted by Crippen LogP contribution is -2.43. The molecular formula is C10H16N4O2S. The van der Waals surface area contributed by atoms with Crippen LogP contribution in [0.25, 0.3) is 0 Å². The first kappa shape index (κ1) is 12.3. The molecule has 1 aromatic rings. The van der Waals surface area contributed by atoms with E-state index in [2.05, 4.69) is 15.5 Å². The van der Waals surface area contributed by atoms with Crippen LogP contribution in [0.15, 0.2) is 0 Å². The van der Waals surface area contributed by atoms with Crippen molar-refractivity contribution >= 4 is 22.5 Å². The van der Waals surface area contributed by atoms with E-state index in [0.717, 1.165) is 24.4 Å². The molecule has 0 aromatic carbocycles. The van der Waals surface area contributed by atoms with E-state index in [4.69, 9.17) is 5.11 Å². The fraction of sp³-hybridized carbons (Fsp3) is 0.700. The molecule has 2 rings (SSSR count). The van der Waals surface area contributed by atoms with Crippen molar-refractivity contribution in [3.63, 3.8) is 0 Å². The zero-order valence-corrected chi connectivity index (χ0v) is 10.5. The van der Waals surface area contributed by atoms with Gasteiger partial charge in [0.1, 0.15) is 5.01 Å². The maximum absolute atomic E-state index is 11.9. The van der Waals surface area contributed by atoms with Crippen LogP contribution in [0.2, 0.25) is 0 Å². The molecule has 1 saturated heterocycles. The molecule has 2 amide bonds. The maximum Gasteiger partial charge on any atom is 0.323 e. The van der Waals surface area contributed by atoms with Crippen LogP contribution in [-0.4, -0.2) is 45.9 Å². The number of carbonyl (C=O) groups is 1. The number of anilines is 1. The van der Waals surface area contributed by atoms with Crippen LogP contribution in [-0.2, 0) is 0 Å². The van der Waals surface area contributed by atoms with E-state index < -0.39 is 0 Å². The summed E-state index contributed by atoms with van der Waals surface area (Å²) < 4.78 is 0. The van der Waals surface area contributed by atoms with Gasteiger partial charge in [0.15, 0.2) is 0 Å². The van der Waals surface area contributed by atoms with E-state index in [9.17, 15) is 4.79 Å². The molecule has 1 aromatic heterocycles. The van der Waals surface area contributed by atoms with Crippen LogP contribution in [0.4, 0.5) is 9.93 Å². The first-order valence-electron chi connectivity index (χ1n) is 5.66. The van der Waals surface area contributed by atoms with E-state index in [0.29, 0.717) is 11.7 Å². The molecule has 0 saturated carbocycles. The third-order valence-electron chi connectivity index (χ3n) is 2.80. The van der Waals surface area contributed by atoms with Crippen molar-refractivity contribution in [3.05, 3.63) is 5.01 Å².